The van der Waals surface area contributed by atoms with Crippen LogP contribution in [0.3, 0.4) is 0 Å². The van der Waals surface area contributed by atoms with Gasteiger partial charge in [0, 0.05) is 4.90 Å². The summed E-state index contributed by atoms with van der Waals surface area (Å²) >= 11 is 1.45. The van der Waals surface area contributed by atoms with E-state index in [-0.39, 0.29) is 18.4 Å². The second kappa shape index (κ2) is 10.3. The van der Waals surface area contributed by atoms with E-state index in [9.17, 15) is 9.59 Å². The number of rotatable bonds is 8. The molecule has 1 heterocycles. The quantitative estimate of drug-likeness (QED) is 0.656. The fourth-order valence-electron chi connectivity index (χ4n) is 3.30. The lowest BCUT2D eigenvalue weighted by Gasteiger charge is -2.30. The summed E-state index contributed by atoms with van der Waals surface area (Å²) in [6.45, 7) is 7.88. The van der Waals surface area contributed by atoms with Crippen molar-refractivity contribution in [2.75, 3.05) is 37.6 Å². The standard InChI is InChI=1S/C23H27N3O2S/c1-3-25(4-2)15-14-24-22(27)17-26-19-12-8-9-13-20(19)29-21(23(26)28)16-18-10-6-5-7-11-18/h5-13,16H,3-4,14-15,17H2,1-2H3,(H,24,27)/p+1. The van der Waals surface area contributed by atoms with Gasteiger partial charge in [-0.05, 0) is 37.6 Å². The number of carbonyl (C=O) groups is 2. The Kier molecular flexibility index (Phi) is 7.49. The Hall–Kier alpha value is -2.57. The number of para-hydroxylation sites is 1. The minimum atomic E-state index is -0.137. The van der Waals surface area contributed by atoms with Crippen LogP contribution in [-0.4, -0.2) is 44.5 Å². The molecule has 0 fully saturated rings. The lowest BCUT2D eigenvalue weighted by Crippen LogP contribution is -3.12. The fourth-order valence-corrected chi connectivity index (χ4v) is 4.36. The van der Waals surface area contributed by atoms with E-state index >= 15 is 0 Å². The van der Waals surface area contributed by atoms with Gasteiger partial charge >= 0.3 is 0 Å². The molecule has 0 atom stereocenters. The minimum Gasteiger partial charge on any atom is -0.349 e. The third kappa shape index (κ3) is 5.49. The highest BCUT2D eigenvalue weighted by atomic mass is 32.2. The third-order valence-corrected chi connectivity index (χ3v) is 6.11. The van der Waals surface area contributed by atoms with E-state index in [4.69, 9.17) is 0 Å². The van der Waals surface area contributed by atoms with E-state index in [1.165, 1.54) is 16.7 Å². The first-order chi connectivity index (χ1) is 14.1. The van der Waals surface area contributed by atoms with Crippen LogP contribution >= 0.6 is 11.8 Å². The molecule has 0 aromatic heterocycles. The topological polar surface area (TPSA) is 53.9 Å². The highest BCUT2D eigenvalue weighted by Gasteiger charge is 2.30. The number of hydrogen-bond acceptors (Lipinski definition) is 3. The Morgan fingerprint density at radius 3 is 2.48 bits per heavy atom. The average molecular weight is 411 g/mol. The zero-order chi connectivity index (χ0) is 20.6. The van der Waals surface area contributed by atoms with Crippen LogP contribution in [-0.2, 0) is 9.59 Å². The van der Waals surface area contributed by atoms with Crippen molar-refractivity contribution >= 4 is 35.3 Å². The lowest BCUT2D eigenvalue weighted by atomic mass is 10.2. The summed E-state index contributed by atoms with van der Waals surface area (Å²) in [5.41, 5.74) is 1.76. The first kappa shape index (κ1) is 21.1. The molecule has 1 aliphatic heterocycles. The summed E-state index contributed by atoms with van der Waals surface area (Å²) in [6, 6.07) is 17.5. The monoisotopic (exact) mass is 410 g/mol. The van der Waals surface area contributed by atoms with E-state index in [1.807, 2.05) is 60.7 Å². The first-order valence-electron chi connectivity index (χ1n) is 10.1. The number of likely N-dealkylation sites (N-methyl/N-ethyl adjacent to an activating group) is 1. The number of carbonyl (C=O) groups excluding carboxylic acids is 2. The molecule has 29 heavy (non-hydrogen) atoms. The molecule has 2 aromatic carbocycles. The molecule has 6 heteroatoms. The molecule has 0 saturated heterocycles. The van der Waals surface area contributed by atoms with E-state index in [0.29, 0.717) is 11.4 Å². The number of nitrogens with one attached hydrogen (secondary N) is 2. The Bertz CT molecular complexity index is 879. The molecule has 2 N–H and O–H groups in total. The average Bonchev–Trinajstić information content (AvgIpc) is 2.75. The summed E-state index contributed by atoms with van der Waals surface area (Å²) in [5, 5.41) is 2.97. The summed E-state index contributed by atoms with van der Waals surface area (Å²) < 4.78 is 0. The molecule has 0 saturated carbocycles. The maximum Gasteiger partial charge on any atom is 0.265 e. The van der Waals surface area contributed by atoms with Crippen LogP contribution in [0.5, 0.6) is 0 Å². The van der Waals surface area contributed by atoms with Gasteiger partial charge in [0.25, 0.3) is 5.91 Å². The third-order valence-electron chi connectivity index (χ3n) is 5.03. The van der Waals surface area contributed by atoms with Crippen molar-refractivity contribution in [2.24, 2.45) is 0 Å². The van der Waals surface area contributed by atoms with Gasteiger partial charge in [-0.25, -0.2) is 0 Å². The Morgan fingerprint density at radius 2 is 1.76 bits per heavy atom. The second-order valence-corrected chi connectivity index (χ2v) is 8.02. The molecule has 0 spiro atoms. The van der Waals surface area contributed by atoms with Crippen molar-refractivity contribution in [3.05, 3.63) is 65.1 Å². The minimum absolute atomic E-state index is 0.0239. The van der Waals surface area contributed by atoms with Gasteiger partial charge in [0.15, 0.2) is 0 Å². The van der Waals surface area contributed by atoms with Gasteiger partial charge < -0.3 is 10.2 Å². The molecule has 5 nitrogen and oxygen atoms in total. The highest BCUT2D eigenvalue weighted by molar-refractivity contribution is 8.04. The lowest BCUT2D eigenvalue weighted by molar-refractivity contribution is -0.895. The molecule has 0 aliphatic carbocycles. The van der Waals surface area contributed by atoms with E-state index < -0.39 is 0 Å². The van der Waals surface area contributed by atoms with Gasteiger partial charge in [-0.2, -0.15) is 0 Å². The molecule has 3 rings (SSSR count). The summed E-state index contributed by atoms with van der Waals surface area (Å²) in [5.74, 6) is -0.271. The van der Waals surface area contributed by atoms with Crippen molar-refractivity contribution in [1.82, 2.24) is 5.32 Å². The van der Waals surface area contributed by atoms with Crippen LogP contribution in [0, 0.1) is 0 Å². The Labute approximate surface area is 176 Å². The molecular formula is C23H28N3O2S+. The van der Waals surface area contributed by atoms with E-state index in [2.05, 4.69) is 19.2 Å². The van der Waals surface area contributed by atoms with E-state index in [1.54, 1.807) is 4.90 Å². The van der Waals surface area contributed by atoms with Gasteiger partial charge in [-0.3, -0.25) is 14.5 Å². The van der Waals surface area contributed by atoms with Crippen molar-refractivity contribution in [3.8, 4) is 0 Å². The molecule has 2 amide bonds. The molecule has 0 radical (unpaired) electrons. The number of thioether (sulfide) groups is 1. The number of benzene rings is 2. The van der Waals surface area contributed by atoms with Crippen LogP contribution in [0.2, 0.25) is 0 Å². The zero-order valence-electron chi connectivity index (χ0n) is 17.0. The number of anilines is 1. The van der Waals surface area contributed by atoms with Crippen LogP contribution in [0.1, 0.15) is 19.4 Å². The molecule has 1 aliphatic rings. The fraction of sp³-hybridized carbons (Fsp3) is 0.304. The smallest absolute Gasteiger partial charge is 0.265 e. The largest absolute Gasteiger partial charge is 0.349 e. The van der Waals surface area contributed by atoms with Crippen molar-refractivity contribution < 1.29 is 14.5 Å². The zero-order valence-corrected chi connectivity index (χ0v) is 17.8. The molecular weight excluding hydrogens is 382 g/mol. The van der Waals surface area contributed by atoms with E-state index in [0.717, 1.165) is 35.8 Å². The predicted octanol–water partition coefficient (Wildman–Crippen LogP) is 2.21. The van der Waals surface area contributed by atoms with Crippen molar-refractivity contribution in [2.45, 2.75) is 18.7 Å². The van der Waals surface area contributed by atoms with Gasteiger partial charge in [-0.15, -0.1) is 0 Å². The molecule has 2 aromatic rings. The summed E-state index contributed by atoms with van der Waals surface area (Å²) in [4.78, 5) is 30.3. The summed E-state index contributed by atoms with van der Waals surface area (Å²) in [6.07, 6.45) is 1.89. The Morgan fingerprint density at radius 1 is 1.07 bits per heavy atom. The van der Waals surface area contributed by atoms with Crippen LogP contribution in [0.25, 0.3) is 6.08 Å². The van der Waals surface area contributed by atoms with Crippen molar-refractivity contribution in [1.29, 1.82) is 0 Å². The van der Waals surface area contributed by atoms with Gasteiger partial charge in [0.05, 0.1) is 36.8 Å². The Balaban J connectivity index is 1.75. The maximum absolute atomic E-state index is 13.2. The number of hydrogen-bond donors (Lipinski definition) is 2. The summed E-state index contributed by atoms with van der Waals surface area (Å²) in [7, 11) is 0. The van der Waals surface area contributed by atoms with Crippen LogP contribution in [0.15, 0.2) is 64.4 Å². The number of fused-ring (bicyclic) bond motifs is 1. The molecule has 0 bridgehead atoms. The number of amides is 2. The number of nitrogens with zero attached hydrogens (tertiary/aromatic N) is 1. The SMILES string of the molecule is CC[NH+](CC)CCNC(=O)CN1C(=O)C(=Cc2ccccc2)Sc2ccccc21. The maximum atomic E-state index is 13.2. The van der Waals surface area contributed by atoms with Crippen LogP contribution in [0.4, 0.5) is 5.69 Å². The van der Waals surface area contributed by atoms with Gasteiger partial charge in [0.2, 0.25) is 5.91 Å². The molecule has 152 valence electrons. The van der Waals surface area contributed by atoms with Crippen LogP contribution < -0.4 is 15.1 Å². The van der Waals surface area contributed by atoms with Gasteiger partial charge in [-0.1, -0.05) is 54.2 Å². The second-order valence-electron chi connectivity index (χ2n) is 6.94. The van der Waals surface area contributed by atoms with Gasteiger partial charge in [0.1, 0.15) is 6.54 Å². The number of quaternary nitrogens is 1. The van der Waals surface area contributed by atoms with Crippen molar-refractivity contribution in [3.63, 3.8) is 0 Å². The highest BCUT2D eigenvalue weighted by Crippen LogP contribution is 2.41. The molecule has 0 unspecified atom stereocenters. The normalized spacial score (nSPS) is 14.9. The first-order valence-corrected chi connectivity index (χ1v) is 10.9. The predicted molar refractivity (Wildman–Crippen MR) is 119 cm³/mol.